The third-order valence-electron chi connectivity index (χ3n) is 4.07. The van der Waals surface area contributed by atoms with E-state index in [2.05, 4.69) is 17.1 Å². The van der Waals surface area contributed by atoms with Crippen molar-refractivity contribution in [1.82, 2.24) is 10.2 Å². The molecular weight excluding hydrogens is 297 g/mol. The topological polar surface area (TPSA) is 25.8 Å². The fourth-order valence-corrected chi connectivity index (χ4v) is 3.74. The Kier molecular flexibility index (Phi) is 3.97. The molecule has 0 unspecified atom stereocenters. The van der Waals surface area contributed by atoms with Crippen LogP contribution in [0.2, 0.25) is 0 Å². The predicted octanol–water partition coefficient (Wildman–Crippen LogP) is 4.92. The van der Waals surface area contributed by atoms with Gasteiger partial charge in [0.05, 0.1) is 5.56 Å². The number of benzene rings is 1. The van der Waals surface area contributed by atoms with Gasteiger partial charge in [-0.1, -0.05) is 31.1 Å². The van der Waals surface area contributed by atoms with Crippen molar-refractivity contribution in [1.29, 1.82) is 0 Å². The maximum absolute atomic E-state index is 13.8. The van der Waals surface area contributed by atoms with Gasteiger partial charge in [0.25, 0.3) is 0 Å². The highest BCUT2D eigenvalue weighted by molar-refractivity contribution is 7.14. The zero-order chi connectivity index (χ0) is 15.0. The van der Waals surface area contributed by atoms with Gasteiger partial charge in [-0.15, -0.1) is 10.2 Å². The molecule has 0 amide bonds. The molecule has 1 fully saturated rings. The highest BCUT2D eigenvalue weighted by Gasteiger charge is 2.24. The summed E-state index contributed by atoms with van der Waals surface area (Å²) in [6, 6.07) is 2.12. The normalized spacial score (nSPS) is 22.5. The van der Waals surface area contributed by atoms with Crippen molar-refractivity contribution < 1.29 is 13.2 Å². The SMILES string of the molecule is CC1CCC(c2nnc(-c3ccc(F)c(F)c3F)s2)CC1. The summed E-state index contributed by atoms with van der Waals surface area (Å²) in [5, 5.41) is 9.24. The lowest BCUT2D eigenvalue weighted by Gasteiger charge is -2.23. The van der Waals surface area contributed by atoms with E-state index in [0.29, 0.717) is 10.9 Å². The van der Waals surface area contributed by atoms with E-state index >= 15 is 0 Å². The molecule has 1 saturated carbocycles. The lowest BCUT2D eigenvalue weighted by molar-refractivity contribution is 0.346. The van der Waals surface area contributed by atoms with Gasteiger partial charge in [0.1, 0.15) is 5.01 Å². The van der Waals surface area contributed by atoms with Gasteiger partial charge < -0.3 is 0 Å². The summed E-state index contributed by atoms with van der Waals surface area (Å²) in [5.41, 5.74) is -0.0261. The number of hydrogen-bond acceptors (Lipinski definition) is 3. The lowest BCUT2D eigenvalue weighted by Crippen LogP contribution is -2.10. The number of nitrogens with zero attached hydrogens (tertiary/aromatic N) is 2. The Balaban J connectivity index is 1.87. The van der Waals surface area contributed by atoms with Crippen LogP contribution in [-0.2, 0) is 0 Å². The van der Waals surface area contributed by atoms with E-state index in [1.807, 2.05) is 0 Å². The molecule has 0 aliphatic heterocycles. The van der Waals surface area contributed by atoms with E-state index in [4.69, 9.17) is 0 Å². The first-order chi connectivity index (χ1) is 10.1. The standard InChI is InChI=1S/C15H15F3N2S/c1-8-2-4-9(5-3-8)14-19-20-15(21-14)10-6-7-11(16)13(18)12(10)17/h6-9H,2-5H2,1H3. The van der Waals surface area contributed by atoms with Crippen molar-refractivity contribution in [2.45, 2.75) is 38.5 Å². The second-order valence-electron chi connectivity index (χ2n) is 5.63. The first-order valence-electron chi connectivity index (χ1n) is 7.03. The Morgan fingerprint density at radius 1 is 1.00 bits per heavy atom. The van der Waals surface area contributed by atoms with E-state index in [9.17, 15) is 13.2 Å². The smallest absolute Gasteiger partial charge is 0.195 e. The van der Waals surface area contributed by atoms with Crippen molar-refractivity contribution >= 4 is 11.3 Å². The van der Waals surface area contributed by atoms with Crippen molar-refractivity contribution in [3.8, 4) is 10.6 Å². The van der Waals surface area contributed by atoms with Gasteiger partial charge in [0.2, 0.25) is 0 Å². The zero-order valence-electron chi connectivity index (χ0n) is 11.6. The minimum absolute atomic E-state index is 0.0261. The number of rotatable bonds is 2. The third-order valence-corrected chi connectivity index (χ3v) is 5.19. The highest BCUT2D eigenvalue weighted by atomic mass is 32.1. The Bertz CT molecular complexity index is 648. The summed E-state index contributed by atoms with van der Waals surface area (Å²) < 4.78 is 40.0. The van der Waals surface area contributed by atoms with Crippen LogP contribution in [0.3, 0.4) is 0 Å². The fraction of sp³-hybridized carbons (Fsp3) is 0.467. The molecule has 1 heterocycles. The summed E-state index contributed by atoms with van der Waals surface area (Å²) in [5.74, 6) is -2.77. The first-order valence-corrected chi connectivity index (χ1v) is 7.85. The van der Waals surface area contributed by atoms with Gasteiger partial charge in [-0.05, 0) is 30.9 Å². The molecule has 112 valence electrons. The molecule has 0 saturated heterocycles. The molecule has 1 aromatic carbocycles. The van der Waals surface area contributed by atoms with Crippen LogP contribution >= 0.6 is 11.3 Å². The molecule has 0 N–H and O–H groups in total. The molecule has 3 rings (SSSR count). The Labute approximate surface area is 125 Å². The minimum atomic E-state index is -1.46. The second kappa shape index (κ2) is 5.75. The summed E-state index contributed by atoms with van der Waals surface area (Å²) in [4.78, 5) is 0. The monoisotopic (exact) mass is 312 g/mol. The minimum Gasteiger partial charge on any atom is -0.204 e. The fourth-order valence-electron chi connectivity index (χ4n) is 2.71. The van der Waals surface area contributed by atoms with Crippen LogP contribution in [0.1, 0.15) is 43.5 Å². The van der Waals surface area contributed by atoms with Gasteiger partial charge in [-0.2, -0.15) is 0 Å². The van der Waals surface area contributed by atoms with Crippen LogP contribution in [0, 0.1) is 23.4 Å². The predicted molar refractivity (Wildman–Crippen MR) is 75.6 cm³/mol. The quantitative estimate of drug-likeness (QED) is 0.736. The summed E-state index contributed by atoms with van der Waals surface area (Å²) in [7, 11) is 0. The summed E-state index contributed by atoms with van der Waals surface area (Å²) in [6.07, 6.45) is 4.41. The van der Waals surface area contributed by atoms with Crippen molar-refractivity contribution in [3.05, 3.63) is 34.6 Å². The molecule has 2 aromatic rings. The zero-order valence-corrected chi connectivity index (χ0v) is 12.4. The van der Waals surface area contributed by atoms with E-state index in [1.165, 1.54) is 17.4 Å². The first kappa shape index (κ1) is 14.5. The second-order valence-corrected chi connectivity index (χ2v) is 6.63. The van der Waals surface area contributed by atoms with Crippen molar-refractivity contribution in [2.24, 2.45) is 5.92 Å². The average molecular weight is 312 g/mol. The van der Waals surface area contributed by atoms with E-state index in [1.54, 1.807) is 0 Å². The molecule has 6 heteroatoms. The maximum atomic E-state index is 13.8. The molecule has 0 atom stereocenters. The Hall–Kier alpha value is -1.43. The third kappa shape index (κ3) is 2.81. The largest absolute Gasteiger partial charge is 0.204 e. The molecule has 2 nitrogen and oxygen atoms in total. The number of aromatic nitrogens is 2. The van der Waals surface area contributed by atoms with E-state index < -0.39 is 17.5 Å². The van der Waals surface area contributed by atoms with Crippen molar-refractivity contribution in [3.63, 3.8) is 0 Å². The molecular formula is C15H15F3N2S. The average Bonchev–Trinajstić information content (AvgIpc) is 2.95. The van der Waals surface area contributed by atoms with E-state index in [-0.39, 0.29) is 5.56 Å². The summed E-state index contributed by atoms with van der Waals surface area (Å²) >= 11 is 1.27. The lowest BCUT2D eigenvalue weighted by atomic mass is 9.83. The molecule has 0 bridgehead atoms. The highest BCUT2D eigenvalue weighted by Crippen LogP contribution is 2.38. The molecule has 0 radical (unpaired) electrons. The maximum Gasteiger partial charge on any atom is 0.195 e. The Morgan fingerprint density at radius 3 is 2.43 bits per heavy atom. The molecule has 1 aliphatic rings. The Morgan fingerprint density at radius 2 is 1.71 bits per heavy atom. The van der Waals surface area contributed by atoms with Gasteiger partial charge in [-0.3, -0.25) is 0 Å². The molecule has 0 spiro atoms. The molecule has 1 aliphatic carbocycles. The number of halogens is 3. The van der Waals surface area contributed by atoms with Crippen molar-refractivity contribution in [2.75, 3.05) is 0 Å². The number of hydrogen-bond donors (Lipinski definition) is 0. The van der Waals surface area contributed by atoms with Crippen LogP contribution in [0.25, 0.3) is 10.6 Å². The van der Waals surface area contributed by atoms with Crippen LogP contribution in [0.4, 0.5) is 13.2 Å². The summed E-state index contributed by atoms with van der Waals surface area (Å²) in [6.45, 7) is 2.23. The van der Waals surface area contributed by atoms with Crippen LogP contribution < -0.4 is 0 Å². The van der Waals surface area contributed by atoms with Gasteiger partial charge in [-0.25, -0.2) is 13.2 Å². The van der Waals surface area contributed by atoms with Gasteiger partial charge in [0.15, 0.2) is 22.5 Å². The molecule has 1 aromatic heterocycles. The van der Waals surface area contributed by atoms with E-state index in [0.717, 1.165) is 42.7 Å². The van der Waals surface area contributed by atoms with Crippen LogP contribution in [0.5, 0.6) is 0 Å². The van der Waals surface area contributed by atoms with Crippen LogP contribution in [-0.4, -0.2) is 10.2 Å². The van der Waals surface area contributed by atoms with Gasteiger partial charge >= 0.3 is 0 Å². The van der Waals surface area contributed by atoms with Gasteiger partial charge in [0, 0.05) is 5.92 Å². The van der Waals surface area contributed by atoms with Crippen LogP contribution in [0.15, 0.2) is 12.1 Å². The molecule has 21 heavy (non-hydrogen) atoms.